The molecule has 0 aliphatic carbocycles. The molecular formula is C16H17N3O2S. The van der Waals surface area contributed by atoms with Crippen molar-refractivity contribution in [2.24, 2.45) is 0 Å². The molecule has 22 heavy (non-hydrogen) atoms. The summed E-state index contributed by atoms with van der Waals surface area (Å²) in [7, 11) is 0. The van der Waals surface area contributed by atoms with Gasteiger partial charge in [-0.1, -0.05) is 17.8 Å². The van der Waals surface area contributed by atoms with E-state index in [9.17, 15) is 9.59 Å². The normalized spacial score (nSPS) is 11.5. The Kier molecular flexibility index (Phi) is 5.55. The number of nitrogens with one attached hydrogen (secondary N) is 2. The summed E-state index contributed by atoms with van der Waals surface area (Å²) in [6, 6.07) is 12.6. The molecule has 114 valence electrons. The van der Waals surface area contributed by atoms with Crippen LogP contribution in [-0.4, -0.2) is 22.0 Å². The van der Waals surface area contributed by atoms with Crippen molar-refractivity contribution >= 4 is 35.0 Å². The molecule has 0 saturated carbocycles. The quantitative estimate of drug-likeness (QED) is 0.831. The molecule has 0 saturated heterocycles. The van der Waals surface area contributed by atoms with Gasteiger partial charge in [-0.05, 0) is 43.3 Å². The summed E-state index contributed by atoms with van der Waals surface area (Å²) in [6.07, 6.45) is 1.70. The largest absolute Gasteiger partial charge is 0.326 e. The predicted octanol–water partition coefficient (Wildman–Crippen LogP) is 3.16. The van der Waals surface area contributed by atoms with Crippen molar-refractivity contribution in [2.75, 3.05) is 10.6 Å². The minimum atomic E-state index is -0.259. The van der Waals surface area contributed by atoms with E-state index >= 15 is 0 Å². The second kappa shape index (κ2) is 7.61. The van der Waals surface area contributed by atoms with Gasteiger partial charge in [0.05, 0.1) is 10.3 Å². The van der Waals surface area contributed by atoms with Gasteiger partial charge in [0, 0.05) is 24.5 Å². The number of hydrogen-bond donors (Lipinski definition) is 2. The Hall–Kier alpha value is -2.34. The van der Waals surface area contributed by atoms with Crippen LogP contribution in [-0.2, 0) is 9.59 Å². The fourth-order valence-electron chi connectivity index (χ4n) is 1.74. The van der Waals surface area contributed by atoms with Crippen LogP contribution in [0.1, 0.15) is 13.8 Å². The Labute approximate surface area is 133 Å². The lowest BCUT2D eigenvalue weighted by Gasteiger charge is -2.12. The smallest absolute Gasteiger partial charge is 0.237 e. The van der Waals surface area contributed by atoms with Gasteiger partial charge in [0.2, 0.25) is 11.8 Å². The van der Waals surface area contributed by atoms with Gasteiger partial charge >= 0.3 is 0 Å². The molecule has 1 atom stereocenters. The van der Waals surface area contributed by atoms with Crippen molar-refractivity contribution in [3.63, 3.8) is 0 Å². The van der Waals surface area contributed by atoms with Gasteiger partial charge in [-0.2, -0.15) is 0 Å². The van der Waals surface area contributed by atoms with Gasteiger partial charge in [0.1, 0.15) is 0 Å². The molecule has 1 heterocycles. The summed E-state index contributed by atoms with van der Waals surface area (Å²) >= 11 is 1.40. The number of nitrogens with zero attached hydrogens (tertiary/aromatic N) is 1. The van der Waals surface area contributed by atoms with E-state index < -0.39 is 0 Å². The summed E-state index contributed by atoms with van der Waals surface area (Å²) in [5.74, 6) is -0.222. The van der Waals surface area contributed by atoms with Gasteiger partial charge in [0.25, 0.3) is 0 Å². The highest BCUT2D eigenvalue weighted by Gasteiger charge is 2.15. The third-order valence-corrected chi connectivity index (χ3v) is 3.83. The average Bonchev–Trinajstić information content (AvgIpc) is 2.49. The molecule has 5 nitrogen and oxygen atoms in total. The third-order valence-electron chi connectivity index (χ3n) is 2.78. The monoisotopic (exact) mass is 315 g/mol. The average molecular weight is 315 g/mol. The van der Waals surface area contributed by atoms with Crippen LogP contribution in [0.4, 0.5) is 11.4 Å². The number of carbonyl (C=O) groups is 2. The lowest BCUT2D eigenvalue weighted by Crippen LogP contribution is -2.22. The molecule has 1 aromatic carbocycles. The van der Waals surface area contributed by atoms with Crippen LogP contribution in [0.3, 0.4) is 0 Å². The molecule has 6 heteroatoms. The Bertz CT molecular complexity index is 644. The number of thioether (sulfide) groups is 1. The first-order valence-electron chi connectivity index (χ1n) is 6.81. The maximum absolute atomic E-state index is 12.2. The minimum Gasteiger partial charge on any atom is -0.326 e. The molecule has 0 spiro atoms. The van der Waals surface area contributed by atoms with E-state index in [2.05, 4.69) is 15.6 Å². The highest BCUT2D eigenvalue weighted by atomic mass is 32.2. The van der Waals surface area contributed by atoms with E-state index in [4.69, 9.17) is 0 Å². The number of rotatable bonds is 5. The molecule has 2 amide bonds. The molecule has 0 radical (unpaired) electrons. The summed E-state index contributed by atoms with van der Waals surface area (Å²) in [6.45, 7) is 3.28. The van der Waals surface area contributed by atoms with Crippen LogP contribution in [0.2, 0.25) is 0 Å². The lowest BCUT2D eigenvalue weighted by molar-refractivity contribution is -0.115. The van der Waals surface area contributed by atoms with E-state index in [1.165, 1.54) is 18.7 Å². The first-order valence-corrected chi connectivity index (χ1v) is 7.69. The standard InChI is InChI=1S/C16H17N3O2S/c1-11(22-15-5-3-4-10-17-15)16(21)19-14-8-6-13(7-9-14)18-12(2)20/h3-11H,1-2H3,(H,18,20)(H,19,21)/t11-/m0/s1. The number of amides is 2. The van der Waals surface area contributed by atoms with Crippen molar-refractivity contribution in [3.8, 4) is 0 Å². The molecule has 0 aliphatic rings. The number of benzene rings is 1. The van der Waals surface area contributed by atoms with Gasteiger partial charge in [-0.15, -0.1) is 0 Å². The van der Waals surface area contributed by atoms with Crippen molar-refractivity contribution in [3.05, 3.63) is 48.7 Å². The maximum atomic E-state index is 12.2. The van der Waals surface area contributed by atoms with Crippen LogP contribution in [0.25, 0.3) is 0 Å². The second-order valence-corrected chi connectivity index (χ2v) is 6.04. The molecular weight excluding hydrogens is 298 g/mol. The maximum Gasteiger partial charge on any atom is 0.237 e. The SMILES string of the molecule is CC(=O)Nc1ccc(NC(=O)[C@H](C)Sc2ccccn2)cc1. The van der Waals surface area contributed by atoms with E-state index in [0.29, 0.717) is 11.4 Å². The van der Waals surface area contributed by atoms with Crippen LogP contribution in [0.15, 0.2) is 53.7 Å². The lowest BCUT2D eigenvalue weighted by atomic mass is 10.2. The number of aromatic nitrogens is 1. The number of pyridine rings is 1. The molecule has 1 aromatic heterocycles. The predicted molar refractivity (Wildman–Crippen MR) is 88.9 cm³/mol. The highest BCUT2D eigenvalue weighted by Crippen LogP contribution is 2.22. The number of anilines is 2. The Morgan fingerprint density at radius 1 is 1.05 bits per heavy atom. The highest BCUT2D eigenvalue weighted by molar-refractivity contribution is 8.00. The fraction of sp³-hybridized carbons (Fsp3) is 0.188. The molecule has 2 aromatic rings. The van der Waals surface area contributed by atoms with Crippen LogP contribution in [0, 0.1) is 0 Å². The topological polar surface area (TPSA) is 71.1 Å². The molecule has 0 unspecified atom stereocenters. The van der Waals surface area contributed by atoms with Gasteiger partial charge < -0.3 is 10.6 Å². The third kappa shape index (κ3) is 4.89. The van der Waals surface area contributed by atoms with Crippen molar-refractivity contribution in [1.82, 2.24) is 4.98 Å². The first kappa shape index (κ1) is 16.0. The van der Waals surface area contributed by atoms with E-state index in [-0.39, 0.29) is 17.1 Å². The molecule has 0 fully saturated rings. The van der Waals surface area contributed by atoms with Gasteiger partial charge in [0.15, 0.2) is 0 Å². The van der Waals surface area contributed by atoms with Crippen LogP contribution >= 0.6 is 11.8 Å². The molecule has 0 aliphatic heterocycles. The van der Waals surface area contributed by atoms with Crippen LogP contribution in [0.5, 0.6) is 0 Å². The first-order chi connectivity index (χ1) is 10.5. The number of carbonyl (C=O) groups excluding carboxylic acids is 2. The van der Waals surface area contributed by atoms with Crippen molar-refractivity contribution in [2.45, 2.75) is 24.1 Å². The second-order valence-electron chi connectivity index (χ2n) is 4.68. The Morgan fingerprint density at radius 3 is 2.23 bits per heavy atom. The Morgan fingerprint density at radius 2 is 1.68 bits per heavy atom. The zero-order valence-corrected chi connectivity index (χ0v) is 13.2. The van der Waals surface area contributed by atoms with Crippen molar-refractivity contribution in [1.29, 1.82) is 0 Å². The molecule has 2 N–H and O–H groups in total. The van der Waals surface area contributed by atoms with Gasteiger partial charge in [-0.25, -0.2) is 4.98 Å². The van der Waals surface area contributed by atoms with E-state index in [1.807, 2.05) is 25.1 Å². The summed E-state index contributed by atoms with van der Waals surface area (Å²) in [5, 5.41) is 6.07. The van der Waals surface area contributed by atoms with E-state index in [1.54, 1.807) is 30.5 Å². The molecule has 2 rings (SSSR count). The summed E-state index contributed by atoms with van der Waals surface area (Å²) < 4.78 is 0. The zero-order chi connectivity index (χ0) is 15.9. The molecule has 0 bridgehead atoms. The Balaban J connectivity index is 1.92. The van der Waals surface area contributed by atoms with Crippen LogP contribution < -0.4 is 10.6 Å². The summed E-state index contributed by atoms with van der Waals surface area (Å²) in [5.41, 5.74) is 1.38. The summed E-state index contributed by atoms with van der Waals surface area (Å²) in [4.78, 5) is 27.3. The number of hydrogen-bond acceptors (Lipinski definition) is 4. The van der Waals surface area contributed by atoms with Crippen molar-refractivity contribution < 1.29 is 9.59 Å². The fourth-order valence-corrected chi connectivity index (χ4v) is 2.54. The van der Waals surface area contributed by atoms with E-state index in [0.717, 1.165) is 5.03 Å². The zero-order valence-electron chi connectivity index (χ0n) is 12.4. The minimum absolute atomic E-state index is 0.0945. The van der Waals surface area contributed by atoms with Gasteiger partial charge in [-0.3, -0.25) is 9.59 Å².